The summed E-state index contributed by atoms with van der Waals surface area (Å²) >= 11 is 11.1. The predicted octanol–water partition coefficient (Wildman–Crippen LogP) is 7.74. The molecule has 24 heavy (non-hydrogen) atoms. The largest absolute Gasteiger partial charge is 0.117 e. The van der Waals surface area contributed by atoms with E-state index in [1.807, 2.05) is 47.0 Å². The van der Waals surface area contributed by atoms with Crippen LogP contribution in [0, 0.1) is 24.7 Å². The molecule has 0 aromatic carbocycles. The molecule has 0 unspecified atom stereocenters. The molecule has 2 rings (SSSR count). The van der Waals surface area contributed by atoms with Crippen LogP contribution in [0.3, 0.4) is 0 Å². The molecule has 6 heteroatoms. The Morgan fingerprint density at radius 3 is 1.54 bits per heavy atom. The van der Waals surface area contributed by atoms with Crippen LogP contribution >= 0.6 is 70.6 Å². The molecule has 0 aromatic heterocycles. The van der Waals surface area contributed by atoms with Crippen molar-refractivity contribution in [2.75, 3.05) is 11.5 Å². The van der Waals surface area contributed by atoms with Crippen LogP contribution in [-0.4, -0.2) is 11.5 Å². The Labute approximate surface area is 172 Å². The third-order valence-electron chi connectivity index (χ3n) is 3.02. The van der Waals surface area contributed by atoms with Crippen molar-refractivity contribution < 1.29 is 0 Å². The average Bonchev–Trinajstić information content (AvgIpc) is 3.19. The lowest BCUT2D eigenvalue weighted by molar-refractivity contribution is 0.897. The highest BCUT2D eigenvalue weighted by Gasteiger charge is 2.29. The van der Waals surface area contributed by atoms with E-state index in [9.17, 15) is 0 Å². The van der Waals surface area contributed by atoms with Gasteiger partial charge in [0.05, 0.1) is 26.8 Å². The standard InChI is InChI=1S/C18H20S6/c1-5-9-11-19-15-16(20-12-10-6-2)24-18(23-15)17-21-13(7-3)14(8-4)22-17/h3-4H,5-6,9-12H2,1-2H3. The first-order chi connectivity index (χ1) is 11.7. The Bertz CT molecular complexity index is 589. The number of thioether (sulfide) groups is 6. The topological polar surface area (TPSA) is 0 Å². The number of hydrogen-bond donors (Lipinski definition) is 0. The maximum absolute atomic E-state index is 5.58. The van der Waals surface area contributed by atoms with E-state index < -0.39 is 0 Å². The first-order valence-electron chi connectivity index (χ1n) is 7.86. The van der Waals surface area contributed by atoms with Gasteiger partial charge in [0.2, 0.25) is 0 Å². The first-order valence-corrected chi connectivity index (χ1v) is 13.1. The molecule has 2 heterocycles. The second kappa shape index (κ2) is 11.2. The molecule has 0 aromatic rings. The Balaban J connectivity index is 2.08. The first kappa shape index (κ1) is 20.7. The molecule has 0 radical (unpaired) electrons. The second-order valence-corrected chi connectivity index (χ2v) is 12.2. The van der Waals surface area contributed by atoms with Crippen molar-refractivity contribution in [2.45, 2.75) is 39.5 Å². The molecular weight excluding hydrogens is 409 g/mol. The van der Waals surface area contributed by atoms with Crippen molar-refractivity contribution in [2.24, 2.45) is 0 Å². The smallest absolute Gasteiger partial charge is 0.0849 e. The number of rotatable bonds is 8. The summed E-state index contributed by atoms with van der Waals surface area (Å²) in [6.07, 6.45) is 16.2. The van der Waals surface area contributed by atoms with Crippen LogP contribution in [-0.2, 0) is 0 Å². The lowest BCUT2D eigenvalue weighted by Gasteiger charge is -2.03. The summed E-state index contributed by atoms with van der Waals surface area (Å²) in [7, 11) is 0. The summed E-state index contributed by atoms with van der Waals surface area (Å²) in [6.45, 7) is 4.49. The molecule has 0 bridgehead atoms. The molecule has 0 nitrogen and oxygen atoms in total. The quantitative estimate of drug-likeness (QED) is 0.284. The molecule has 0 saturated heterocycles. The van der Waals surface area contributed by atoms with Gasteiger partial charge in [-0.1, -0.05) is 85.6 Å². The lowest BCUT2D eigenvalue weighted by atomic mass is 10.4. The molecule has 0 aliphatic carbocycles. The molecule has 2 aliphatic rings. The van der Waals surface area contributed by atoms with Gasteiger partial charge >= 0.3 is 0 Å². The fraction of sp³-hybridized carbons (Fsp3) is 0.444. The van der Waals surface area contributed by atoms with E-state index in [1.165, 1.54) is 54.1 Å². The summed E-state index contributed by atoms with van der Waals surface area (Å²) in [4.78, 5) is 1.77. The van der Waals surface area contributed by atoms with Crippen molar-refractivity contribution in [3.63, 3.8) is 0 Å². The minimum absolute atomic E-state index is 0.887. The van der Waals surface area contributed by atoms with Crippen LogP contribution in [0.5, 0.6) is 0 Å². The number of hydrogen-bond acceptors (Lipinski definition) is 6. The van der Waals surface area contributed by atoms with Gasteiger partial charge in [-0.15, -0.1) is 36.4 Å². The minimum Gasteiger partial charge on any atom is -0.117 e. The van der Waals surface area contributed by atoms with Gasteiger partial charge in [-0.3, -0.25) is 0 Å². The van der Waals surface area contributed by atoms with Gasteiger partial charge in [-0.05, 0) is 24.3 Å². The molecule has 0 spiro atoms. The highest BCUT2D eigenvalue weighted by atomic mass is 32.3. The third kappa shape index (κ3) is 5.73. The molecular formula is C18H20S6. The van der Waals surface area contributed by atoms with E-state index in [4.69, 9.17) is 12.8 Å². The van der Waals surface area contributed by atoms with Crippen LogP contribution in [0.1, 0.15) is 39.5 Å². The Morgan fingerprint density at radius 1 is 0.750 bits per heavy atom. The van der Waals surface area contributed by atoms with Crippen molar-refractivity contribution in [3.05, 3.63) is 26.8 Å². The van der Waals surface area contributed by atoms with Gasteiger partial charge in [-0.2, -0.15) is 0 Å². The third-order valence-corrected chi connectivity index (χ3v) is 11.7. The van der Waals surface area contributed by atoms with E-state index in [2.05, 4.69) is 25.7 Å². The van der Waals surface area contributed by atoms with Crippen LogP contribution in [0.4, 0.5) is 0 Å². The van der Waals surface area contributed by atoms with E-state index in [1.54, 1.807) is 23.5 Å². The lowest BCUT2D eigenvalue weighted by Crippen LogP contribution is -1.80. The molecule has 0 saturated carbocycles. The summed E-state index contributed by atoms with van der Waals surface area (Å²) in [5, 5.41) is 0. The van der Waals surface area contributed by atoms with Gasteiger partial charge in [0.15, 0.2) is 0 Å². The van der Waals surface area contributed by atoms with Gasteiger partial charge in [0.1, 0.15) is 0 Å². The van der Waals surface area contributed by atoms with Gasteiger partial charge in [0, 0.05) is 0 Å². The SMILES string of the molecule is C#CC1=C(C#C)SC(=C2SC(SCCCC)=C(SCCCC)S2)S1. The van der Waals surface area contributed by atoms with E-state index in [0.29, 0.717) is 0 Å². The normalized spacial score (nSPS) is 17.7. The van der Waals surface area contributed by atoms with E-state index in [-0.39, 0.29) is 0 Å². The summed E-state index contributed by atoms with van der Waals surface area (Å²) in [5.41, 5.74) is 0. The Kier molecular flexibility index (Phi) is 9.70. The number of unbranched alkanes of at least 4 members (excludes halogenated alkanes) is 2. The van der Waals surface area contributed by atoms with Gasteiger partial charge < -0.3 is 0 Å². The summed E-state index contributed by atoms with van der Waals surface area (Å²) in [6, 6.07) is 0. The van der Waals surface area contributed by atoms with Gasteiger partial charge in [-0.25, -0.2) is 0 Å². The van der Waals surface area contributed by atoms with Crippen molar-refractivity contribution in [1.82, 2.24) is 0 Å². The highest BCUT2D eigenvalue weighted by Crippen LogP contribution is 2.63. The van der Waals surface area contributed by atoms with Crippen LogP contribution in [0.2, 0.25) is 0 Å². The predicted molar refractivity (Wildman–Crippen MR) is 124 cm³/mol. The number of terminal acetylenes is 2. The molecule has 0 amide bonds. The van der Waals surface area contributed by atoms with Crippen molar-refractivity contribution in [1.29, 1.82) is 0 Å². The fourth-order valence-electron chi connectivity index (χ4n) is 1.72. The molecule has 0 fully saturated rings. The van der Waals surface area contributed by atoms with Crippen molar-refractivity contribution >= 4 is 70.6 Å². The van der Waals surface area contributed by atoms with Crippen LogP contribution in [0.25, 0.3) is 0 Å². The molecule has 0 N–H and O–H groups in total. The summed E-state index contributed by atoms with van der Waals surface area (Å²) in [5.74, 6) is 7.85. The Morgan fingerprint density at radius 2 is 1.17 bits per heavy atom. The minimum atomic E-state index is 0.887. The fourth-order valence-corrected chi connectivity index (χ4v) is 10.4. The second-order valence-electron chi connectivity index (χ2n) is 4.91. The summed E-state index contributed by atoms with van der Waals surface area (Å²) < 4.78 is 5.54. The Hall–Kier alpha value is 0.440. The molecule has 128 valence electrons. The zero-order chi connectivity index (χ0) is 17.4. The number of allylic oxidation sites excluding steroid dienone is 2. The zero-order valence-corrected chi connectivity index (χ0v) is 18.7. The monoisotopic (exact) mass is 428 g/mol. The van der Waals surface area contributed by atoms with Gasteiger partial charge in [0.25, 0.3) is 0 Å². The maximum Gasteiger partial charge on any atom is 0.0849 e. The zero-order valence-electron chi connectivity index (χ0n) is 13.8. The van der Waals surface area contributed by atoms with Crippen molar-refractivity contribution in [3.8, 4) is 24.7 Å². The van der Waals surface area contributed by atoms with E-state index >= 15 is 0 Å². The van der Waals surface area contributed by atoms with Crippen LogP contribution in [0.15, 0.2) is 26.8 Å². The molecule has 0 atom stereocenters. The highest BCUT2D eigenvalue weighted by molar-refractivity contribution is 8.42. The molecule has 2 aliphatic heterocycles. The van der Waals surface area contributed by atoms with E-state index in [0.717, 1.165) is 9.81 Å². The maximum atomic E-state index is 5.58. The average molecular weight is 429 g/mol. The van der Waals surface area contributed by atoms with Crippen LogP contribution < -0.4 is 0 Å².